The van der Waals surface area contributed by atoms with Crippen molar-refractivity contribution in [2.45, 2.75) is 40.0 Å². The summed E-state index contributed by atoms with van der Waals surface area (Å²) in [6, 6.07) is 0. The topological polar surface area (TPSA) is 12.4 Å². The van der Waals surface area contributed by atoms with Gasteiger partial charge in [0.05, 0.1) is 0 Å². The Labute approximate surface area is 76.3 Å². The number of aliphatic imine (C=N–C) groups is 1. The molecule has 0 amide bonds. The van der Waals surface area contributed by atoms with E-state index < -0.39 is 0 Å². The van der Waals surface area contributed by atoms with Gasteiger partial charge < -0.3 is 0 Å². The van der Waals surface area contributed by atoms with Gasteiger partial charge in [0, 0.05) is 12.8 Å². The van der Waals surface area contributed by atoms with Crippen molar-refractivity contribution >= 4 is 5.71 Å². The summed E-state index contributed by atoms with van der Waals surface area (Å²) in [5.41, 5.74) is 1.44. The molecule has 0 heterocycles. The van der Waals surface area contributed by atoms with Gasteiger partial charge in [-0.2, -0.15) is 0 Å². The maximum atomic E-state index is 4.37. The van der Waals surface area contributed by atoms with E-state index in [-0.39, 0.29) is 0 Å². The third-order valence-electron chi connectivity index (χ3n) is 3.41. The summed E-state index contributed by atoms with van der Waals surface area (Å²) in [4.78, 5) is 4.37. The van der Waals surface area contributed by atoms with Crippen LogP contribution in [0.25, 0.3) is 0 Å². The average Bonchev–Trinajstić information content (AvgIpc) is 2.14. The maximum absolute atomic E-state index is 4.37. The van der Waals surface area contributed by atoms with Crippen LogP contribution < -0.4 is 0 Å². The van der Waals surface area contributed by atoms with Crippen LogP contribution in [0.3, 0.4) is 0 Å². The van der Waals surface area contributed by atoms with Crippen LogP contribution >= 0.6 is 0 Å². The molecule has 1 fully saturated rings. The Morgan fingerprint density at radius 1 is 1.17 bits per heavy atom. The Morgan fingerprint density at radius 3 is 2.42 bits per heavy atom. The van der Waals surface area contributed by atoms with Crippen molar-refractivity contribution in [1.82, 2.24) is 0 Å². The van der Waals surface area contributed by atoms with Crippen LogP contribution in [-0.2, 0) is 0 Å². The fourth-order valence-corrected chi connectivity index (χ4v) is 2.16. The van der Waals surface area contributed by atoms with Gasteiger partial charge in [0.2, 0.25) is 0 Å². The van der Waals surface area contributed by atoms with E-state index in [1.807, 2.05) is 7.05 Å². The van der Waals surface area contributed by atoms with Crippen LogP contribution in [0.4, 0.5) is 0 Å². The zero-order valence-corrected chi connectivity index (χ0v) is 8.80. The molecule has 1 aliphatic carbocycles. The van der Waals surface area contributed by atoms with E-state index in [2.05, 4.69) is 25.8 Å². The fraction of sp³-hybridized carbons (Fsp3) is 0.909. The summed E-state index contributed by atoms with van der Waals surface area (Å²) in [5.74, 6) is 2.47. The number of rotatable bonds is 0. The highest BCUT2D eigenvalue weighted by Crippen LogP contribution is 2.29. The molecule has 1 heteroatoms. The molecule has 0 N–H and O–H groups in total. The molecule has 0 aromatic carbocycles. The predicted molar refractivity (Wildman–Crippen MR) is 54.7 cm³/mol. The summed E-state index contributed by atoms with van der Waals surface area (Å²) in [7, 11) is 1.94. The lowest BCUT2D eigenvalue weighted by atomic mass is 9.89. The van der Waals surface area contributed by atoms with Gasteiger partial charge in [-0.3, -0.25) is 4.99 Å². The molecule has 0 spiro atoms. The molecule has 0 aliphatic heterocycles. The molecule has 0 bridgehead atoms. The number of hydrogen-bond donors (Lipinski definition) is 0. The van der Waals surface area contributed by atoms with Crippen LogP contribution in [0, 0.1) is 17.8 Å². The number of hydrogen-bond acceptors (Lipinski definition) is 1. The van der Waals surface area contributed by atoms with Gasteiger partial charge in [-0.15, -0.1) is 0 Å². The molecule has 1 aliphatic rings. The molecule has 1 saturated carbocycles. The summed E-state index contributed by atoms with van der Waals surface area (Å²) >= 11 is 0. The minimum atomic E-state index is 0.718. The second-order valence-corrected chi connectivity index (χ2v) is 4.34. The molecule has 1 nitrogen and oxygen atoms in total. The highest BCUT2D eigenvalue weighted by molar-refractivity contribution is 5.86. The van der Waals surface area contributed by atoms with Crippen LogP contribution in [-0.4, -0.2) is 12.8 Å². The minimum Gasteiger partial charge on any atom is -0.297 e. The van der Waals surface area contributed by atoms with E-state index in [4.69, 9.17) is 0 Å². The molecule has 70 valence electrons. The van der Waals surface area contributed by atoms with Gasteiger partial charge in [0.15, 0.2) is 0 Å². The van der Waals surface area contributed by atoms with Gasteiger partial charge in [-0.25, -0.2) is 0 Å². The lowest BCUT2D eigenvalue weighted by molar-refractivity contribution is 0.347. The van der Waals surface area contributed by atoms with Crippen LogP contribution in [0.5, 0.6) is 0 Å². The molecular formula is C11H21N. The Balaban J connectivity index is 2.66. The maximum Gasteiger partial charge on any atom is 0.0276 e. The molecule has 0 aromatic rings. The standard InChI is InChI=1S/C11H21N/c1-8-5-6-11(12-4)10(3)7-9(8)2/h8-10H,5-7H2,1-4H3/t8?,9?,10-/m0/s1. The van der Waals surface area contributed by atoms with Crippen molar-refractivity contribution in [3.63, 3.8) is 0 Å². The van der Waals surface area contributed by atoms with Crippen LogP contribution in [0.1, 0.15) is 40.0 Å². The van der Waals surface area contributed by atoms with Crippen molar-refractivity contribution in [2.75, 3.05) is 7.05 Å². The lowest BCUT2D eigenvalue weighted by Gasteiger charge is -2.17. The number of nitrogens with zero attached hydrogens (tertiary/aromatic N) is 1. The van der Waals surface area contributed by atoms with Gasteiger partial charge in [-0.05, 0) is 37.0 Å². The molecule has 3 atom stereocenters. The van der Waals surface area contributed by atoms with Gasteiger partial charge >= 0.3 is 0 Å². The third-order valence-corrected chi connectivity index (χ3v) is 3.41. The van der Waals surface area contributed by atoms with Crippen molar-refractivity contribution in [3.05, 3.63) is 0 Å². The van der Waals surface area contributed by atoms with Crippen LogP contribution in [0.15, 0.2) is 4.99 Å². The average molecular weight is 167 g/mol. The van der Waals surface area contributed by atoms with E-state index in [0.717, 1.165) is 17.8 Å². The van der Waals surface area contributed by atoms with Crippen molar-refractivity contribution in [3.8, 4) is 0 Å². The summed E-state index contributed by atoms with van der Waals surface area (Å²) < 4.78 is 0. The van der Waals surface area contributed by atoms with E-state index in [1.54, 1.807) is 0 Å². The predicted octanol–water partition coefficient (Wildman–Crippen LogP) is 3.15. The highest BCUT2D eigenvalue weighted by Gasteiger charge is 2.23. The zero-order valence-electron chi connectivity index (χ0n) is 8.80. The van der Waals surface area contributed by atoms with Crippen LogP contribution in [0.2, 0.25) is 0 Å². The van der Waals surface area contributed by atoms with Gasteiger partial charge in [0.25, 0.3) is 0 Å². The first kappa shape index (κ1) is 9.76. The summed E-state index contributed by atoms with van der Waals surface area (Å²) in [6.45, 7) is 7.06. The highest BCUT2D eigenvalue weighted by atomic mass is 14.7. The molecule has 0 saturated heterocycles. The molecule has 2 unspecified atom stereocenters. The minimum absolute atomic E-state index is 0.718. The molecule has 1 rings (SSSR count). The Kier molecular flexibility index (Phi) is 3.30. The Hall–Kier alpha value is -0.330. The van der Waals surface area contributed by atoms with Gasteiger partial charge in [-0.1, -0.05) is 20.8 Å². The van der Waals surface area contributed by atoms with Crippen molar-refractivity contribution in [1.29, 1.82) is 0 Å². The Morgan fingerprint density at radius 2 is 1.83 bits per heavy atom. The third kappa shape index (κ3) is 2.09. The first-order valence-corrected chi connectivity index (χ1v) is 5.10. The normalized spacial score (nSPS) is 41.3. The first-order valence-electron chi connectivity index (χ1n) is 5.10. The smallest absolute Gasteiger partial charge is 0.0276 e. The Bertz CT molecular complexity index is 172. The fourth-order valence-electron chi connectivity index (χ4n) is 2.16. The summed E-state index contributed by atoms with van der Waals surface area (Å²) in [5, 5.41) is 0. The second-order valence-electron chi connectivity index (χ2n) is 4.34. The SMILES string of the molecule is CN=C1CCC(C)C(C)C[C@@H]1C. The second kappa shape index (κ2) is 4.06. The van der Waals surface area contributed by atoms with E-state index in [0.29, 0.717) is 0 Å². The van der Waals surface area contributed by atoms with Crippen molar-refractivity contribution in [2.24, 2.45) is 22.7 Å². The summed E-state index contributed by atoms with van der Waals surface area (Å²) in [6.07, 6.45) is 3.88. The monoisotopic (exact) mass is 167 g/mol. The van der Waals surface area contributed by atoms with E-state index in [1.165, 1.54) is 25.0 Å². The lowest BCUT2D eigenvalue weighted by Crippen LogP contribution is -2.11. The molecule has 0 aromatic heterocycles. The zero-order chi connectivity index (χ0) is 9.14. The van der Waals surface area contributed by atoms with Crippen molar-refractivity contribution < 1.29 is 0 Å². The first-order chi connectivity index (χ1) is 5.65. The van der Waals surface area contributed by atoms with E-state index >= 15 is 0 Å². The molecule has 0 radical (unpaired) electrons. The molecular weight excluding hydrogens is 146 g/mol. The largest absolute Gasteiger partial charge is 0.297 e. The quantitative estimate of drug-likeness (QED) is 0.491. The van der Waals surface area contributed by atoms with Gasteiger partial charge in [0.1, 0.15) is 0 Å². The van der Waals surface area contributed by atoms with E-state index in [9.17, 15) is 0 Å². The molecule has 12 heavy (non-hydrogen) atoms.